The Morgan fingerprint density at radius 1 is 1.32 bits per heavy atom. The number of nitrogens with one attached hydrogen (secondary N) is 1. The fourth-order valence-corrected chi connectivity index (χ4v) is 2.95. The minimum Gasteiger partial charge on any atom is -0.344 e. The second-order valence-corrected chi connectivity index (χ2v) is 6.50. The lowest BCUT2D eigenvalue weighted by atomic mass is 10.1. The number of amides is 1. The van der Waals surface area contributed by atoms with Crippen molar-refractivity contribution in [3.63, 3.8) is 0 Å². The number of hydrogen-bond donors (Lipinski definition) is 1. The molecule has 2 aromatic rings. The summed E-state index contributed by atoms with van der Waals surface area (Å²) in [5.74, 6) is 0.213. The maximum Gasteiger partial charge on any atom is 0.270 e. The number of carbonyl (C=O) groups excluding carboxylic acids is 1. The molecule has 0 radical (unpaired) electrons. The standard InChI is InChI=1S/C17H22BrN3O/c1-5-21-16(10-15(20-21)11(2)3)17(22)19-12(4)13-8-6-7-9-14(13)18/h6-12H,5H2,1-4H3,(H,19,22)/t12-/m1/s1. The maximum absolute atomic E-state index is 12.6. The van der Waals surface area contributed by atoms with Crippen LogP contribution in [0.2, 0.25) is 0 Å². The van der Waals surface area contributed by atoms with Crippen LogP contribution in [0.1, 0.15) is 61.4 Å². The average Bonchev–Trinajstić information content (AvgIpc) is 2.92. The molecule has 1 aromatic carbocycles. The van der Waals surface area contributed by atoms with Crippen LogP contribution in [0.15, 0.2) is 34.8 Å². The van der Waals surface area contributed by atoms with E-state index in [2.05, 4.69) is 40.2 Å². The van der Waals surface area contributed by atoms with Crippen molar-refractivity contribution >= 4 is 21.8 Å². The van der Waals surface area contributed by atoms with Crippen molar-refractivity contribution in [1.82, 2.24) is 15.1 Å². The predicted octanol–water partition coefficient (Wildman–Crippen LogP) is 4.28. The van der Waals surface area contributed by atoms with Gasteiger partial charge in [0.1, 0.15) is 5.69 Å². The molecule has 1 N–H and O–H groups in total. The summed E-state index contributed by atoms with van der Waals surface area (Å²) in [4.78, 5) is 12.6. The van der Waals surface area contributed by atoms with Gasteiger partial charge >= 0.3 is 0 Å². The third-order valence-electron chi connectivity index (χ3n) is 3.64. The molecule has 0 aliphatic carbocycles. The summed E-state index contributed by atoms with van der Waals surface area (Å²) in [5.41, 5.74) is 2.62. The zero-order valence-electron chi connectivity index (χ0n) is 13.4. The highest BCUT2D eigenvalue weighted by Gasteiger charge is 2.19. The molecule has 2 rings (SSSR count). The average molecular weight is 364 g/mol. The second kappa shape index (κ2) is 7.09. The Balaban J connectivity index is 2.20. The number of rotatable bonds is 5. The number of carbonyl (C=O) groups is 1. The molecule has 0 spiro atoms. The topological polar surface area (TPSA) is 46.9 Å². The summed E-state index contributed by atoms with van der Waals surface area (Å²) in [6.07, 6.45) is 0. The van der Waals surface area contributed by atoms with Crippen molar-refractivity contribution in [3.8, 4) is 0 Å². The van der Waals surface area contributed by atoms with E-state index in [1.165, 1.54) is 0 Å². The van der Waals surface area contributed by atoms with E-state index in [1.807, 2.05) is 44.2 Å². The van der Waals surface area contributed by atoms with E-state index in [1.54, 1.807) is 4.68 Å². The Kier molecular flexibility index (Phi) is 5.40. The van der Waals surface area contributed by atoms with Gasteiger partial charge in [-0.3, -0.25) is 9.48 Å². The SMILES string of the molecule is CCn1nc(C(C)C)cc1C(=O)N[C@H](C)c1ccccc1Br. The molecule has 0 aliphatic rings. The molecule has 0 saturated heterocycles. The van der Waals surface area contributed by atoms with Gasteiger partial charge in [-0.05, 0) is 37.5 Å². The normalized spacial score (nSPS) is 12.5. The molecule has 0 saturated carbocycles. The summed E-state index contributed by atoms with van der Waals surface area (Å²) < 4.78 is 2.76. The van der Waals surface area contributed by atoms with Gasteiger partial charge in [0.15, 0.2) is 0 Å². The number of hydrogen-bond acceptors (Lipinski definition) is 2. The Hall–Kier alpha value is -1.62. The first-order valence-electron chi connectivity index (χ1n) is 7.57. The molecule has 22 heavy (non-hydrogen) atoms. The van der Waals surface area contributed by atoms with E-state index in [-0.39, 0.29) is 11.9 Å². The number of benzene rings is 1. The van der Waals surface area contributed by atoms with E-state index in [0.29, 0.717) is 18.2 Å². The zero-order valence-corrected chi connectivity index (χ0v) is 15.0. The number of aryl methyl sites for hydroxylation is 1. The van der Waals surface area contributed by atoms with Crippen molar-refractivity contribution in [3.05, 3.63) is 51.8 Å². The highest BCUT2D eigenvalue weighted by molar-refractivity contribution is 9.10. The van der Waals surface area contributed by atoms with Crippen LogP contribution in [0.4, 0.5) is 0 Å². The lowest BCUT2D eigenvalue weighted by molar-refractivity contribution is 0.0929. The highest BCUT2D eigenvalue weighted by Crippen LogP contribution is 2.23. The van der Waals surface area contributed by atoms with Gasteiger partial charge in [-0.25, -0.2) is 0 Å². The Labute approximate surface area is 140 Å². The van der Waals surface area contributed by atoms with E-state index in [0.717, 1.165) is 15.7 Å². The van der Waals surface area contributed by atoms with Crippen LogP contribution < -0.4 is 5.32 Å². The fourth-order valence-electron chi connectivity index (χ4n) is 2.32. The summed E-state index contributed by atoms with van der Waals surface area (Å²) in [6.45, 7) is 8.80. The molecular weight excluding hydrogens is 342 g/mol. The minimum atomic E-state index is -0.0931. The van der Waals surface area contributed by atoms with Crippen LogP contribution in [0.3, 0.4) is 0 Å². The quantitative estimate of drug-likeness (QED) is 0.861. The maximum atomic E-state index is 12.6. The molecule has 1 aromatic heterocycles. The third-order valence-corrected chi connectivity index (χ3v) is 4.36. The molecule has 0 fully saturated rings. The predicted molar refractivity (Wildman–Crippen MR) is 92.0 cm³/mol. The lowest BCUT2D eigenvalue weighted by Gasteiger charge is -2.16. The van der Waals surface area contributed by atoms with E-state index in [4.69, 9.17) is 0 Å². The van der Waals surface area contributed by atoms with Gasteiger partial charge in [-0.2, -0.15) is 5.10 Å². The van der Waals surface area contributed by atoms with Gasteiger partial charge in [-0.15, -0.1) is 0 Å². The first-order valence-corrected chi connectivity index (χ1v) is 8.36. The molecular formula is C17H22BrN3O. The molecule has 0 aliphatic heterocycles. The van der Waals surface area contributed by atoms with Gasteiger partial charge in [0, 0.05) is 11.0 Å². The smallest absolute Gasteiger partial charge is 0.270 e. The van der Waals surface area contributed by atoms with Crippen LogP contribution in [0.5, 0.6) is 0 Å². The molecule has 1 heterocycles. The molecule has 118 valence electrons. The lowest BCUT2D eigenvalue weighted by Crippen LogP contribution is -2.29. The third kappa shape index (κ3) is 3.58. The fraction of sp³-hybridized carbons (Fsp3) is 0.412. The monoisotopic (exact) mass is 363 g/mol. The van der Waals surface area contributed by atoms with E-state index >= 15 is 0 Å². The van der Waals surface area contributed by atoms with E-state index < -0.39 is 0 Å². The molecule has 4 nitrogen and oxygen atoms in total. The Morgan fingerprint density at radius 2 is 2.00 bits per heavy atom. The van der Waals surface area contributed by atoms with Gasteiger partial charge < -0.3 is 5.32 Å². The minimum absolute atomic E-state index is 0.0780. The highest BCUT2D eigenvalue weighted by atomic mass is 79.9. The van der Waals surface area contributed by atoms with Crippen molar-refractivity contribution in [1.29, 1.82) is 0 Å². The molecule has 0 bridgehead atoms. The summed E-state index contributed by atoms with van der Waals surface area (Å²) >= 11 is 3.53. The first-order chi connectivity index (χ1) is 10.4. The Morgan fingerprint density at radius 3 is 2.59 bits per heavy atom. The van der Waals surface area contributed by atoms with Gasteiger partial charge in [0.25, 0.3) is 5.91 Å². The van der Waals surface area contributed by atoms with Crippen LogP contribution >= 0.6 is 15.9 Å². The number of aromatic nitrogens is 2. The van der Waals surface area contributed by atoms with Gasteiger partial charge in [0.2, 0.25) is 0 Å². The zero-order chi connectivity index (χ0) is 16.3. The molecule has 0 unspecified atom stereocenters. The first kappa shape index (κ1) is 16.7. The van der Waals surface area contributed by atoms with Crippen LogP contribution in [-0.4, -0.2) is 15.7 Å². The molecule has 1 atom stereocenters. The van der Waals surface area contributed by atoms with Crippen LogP contribution in [0, 0.1) is 0 Å². The van der Waals surface area contributed by atoms with Crippen LogP contribution in [-0.2, 0) is 6.54 Å². The number of nitrogens with zero attached hydrogens (tertiary/aromatic N) is 2. The van der Waals surface area contributed by atoms with Gasteiger partial charge in [-0.1, -0.05) is 48.0 Å². The van der Waals surface area contributed by atoms with Crippen LogP contribution in [0.25, 0.3) is 0 Å². The van der Waals surface area contributed by atoms with E-state index in [9.17, 15) is 4.79 Å². The summed E-state index contributed by atoms with van der Waals surface area (Å²) in [7, 11) is 0. The second-order valence-electron chi connectivity index (χ2n) is 5.64. The van der Waals surface area contributed by atoms with Gasteiger partial charge in [0.05, 0.1) is 11.7 Å². The summed E-state index contributed by atoms with van der Waals surface area (Å²) in [5, 5.41) is 7.54. The van der Waals surface area contributed by atoms with Crippen molar-refractivity contribution in [2.75, 3.05) is 0 Å². The number of halogens is 1. The molecule has 1 amide bonds. The molecule has 5 heteroatoms. The van der Waals surface area contributed by atoms with Crippen molar-refractivity contribution in [2.45, 2.75) is 46.2 Å². The largest absolute Gasteiger partial charge is 0.344 e. The van der Waals surface area contributed by atoms with Crippen molar-refractivity contribution < 1.29 is 4.79 Å². The Bertz CT molecular complexity index is 664. The summed E-state index contributed by atoms with van der Waals surface area (Å²) in [6, 6.07) is 9.72. The van der Waals surface area contributed by atoms with Crippen molar-refractivity contribution in [2.24, 2.45) is 0 Å².